The van der Waals surface area contributed by atoms with Gasteiger partial charge in [-0.1, -0.05) is 41.9 Å². The van der Waals surface area contributed by atoms with E-state index >= 15 is 0 Å². The maximum absolute atomic E-state index is 12.5. The lowest BCUT2D eigenvalue weighted by atomic mass is 9.87. The Hall–Kier alpha value is -1.87. The largest absolute Gasteiger partial charge is 0.342 e. The van der Waals surface area contributed by atoms with Crippen molar-refractivity contribution < 1.29 is 4.79 Å². The molecule has 114 valence electrons. The highest BCUT2D eigenvalue weighted by Gasteiger charge is 2.25. The molecule has 2 aromatic rings. The van der Waals surface area contributed by atoms with E-state index in [-0.39, 0.29) is 11.9 Å². The van der Waals surface area contributed by atoms with Crippen LogP contribution in [0.25, 0.3) is 0 Å². The van der Waals surface area contributed by atoms with Gasteiger partial charge in [-0.15, -0.1) is 0 Å². The summed E-state index contributed by atoms with van der Waals surface area (Å²) in [5.74, 6) is 0.0966. The van der Waals surface area contributed by atoms with Gasteiger partial charge in [0.25, 0.3) is 0 Å². The molecule has 3 nitrogen and oxygen atoms in total. The summed E-state index contributed by atoms with van der Waals surface area (Å²) in [4.78, 5) is 18.4. The molecule has 22 heavy (non-hydrogen) atoms. The fourth-order valence-electron chi connectivity index (χ4n) is 3.05. The molecular weight excluding hydrogens is 296 g/mol. The lowest BCUT2D eigenvalue weighted by molar-refractivity contribution is -0.131. The van der Waals surface area contributed by atoms with Crippen LogP contribution in [0.5, 0.6) is 0 Å². The van der Waals surface area contributed by atoms with Crippen molar-refractivity contribution in [3.8, 4) is 0 Å². The molecule has 0 fully saturated rings. The van der Waals surface area contributed by atoms with Gasteiger partial charge in [0, 0.05) is 19.3 Å². The van der Waals surface area contributed by atoms with E-state index in [9.17, 15) is 4.79 Å². The van der Waals surface area contributed by atoms with E-state index in [4.69, 9.17) is 11.6 Å². The van der Waals surface area contributed by atoms with Gasteiger partial charge in [-0.05, 0) is 42.0 Å². The first kappa shape index (κ1) is 15.0. The molecule has 1 heterocycles. The van der Waals surface area contributed by atoms with Gasteiger partial charge in [0.05, 0.1) is 6.42 Å². The van der Waals surface area contributed by atoms with Crippen LogP contribution in [0.3, 0.4) is 0 Å². The van der Waals surface area contributed by atoms with Crippen LogP contribution < -0.4 is 0 Å². The van der Waals surface area contributed by atoms with E-state index < -0.39 is 0 Å². The number of hydrogen-bond donors (Lipinski definition) is 0. The molecule has 1 aliphatic carbocycles. The molecule has 0 aliphatic heterocycles. The minimum absolute atomic E-state index is 0.0966. The predicted molar refractivity (Wildman–Crippen MR) is 88.0 cm³/mol. The number of fused-ring (bicyclic) bond motifs is 1. The number of nitrogens with zero attached hydrogens (tertiary/aromatic N) is 2. The van der Waals surface area contributed by atoms with Crippen molar-refractivity contribution >= 4 is 17.5 Å². The molecule has 0 radical (unpaired) electrons. The number of likely N-dealkylation sites (N-methyl/N-ethyl adjacent to an activating group) is 1. The molecular formula is C18H19ClN2O. The number of aromatic nitrogens is 1. The second-order valence-corrected chi connectivity index (χ2v) is 6.16. The summed E-state index contributed by atoms with van der Waals surface area (Å²) >= 11 is 6.04. The Morgan fingerprint density at radius 1 is 1.27 bits per heavy atom. The van der Waals surface area contributed by atoms with E-state index in [0.29, 0.717) is 11.6 Å². The van der Waals surface area contributed by atoms with Gasteiger partial charge >= 0.3 is 0 Å². The fourth-order valence-corrected chi connectivity index (χ4v) is 3.24. The average Bonchev–Trinajstić information content (AvgIpc) is 2.55. The Bertz CT molecular complexity index is 686. The van der Waals surface area contributed by atoms with Gasteiger partial charge in [-0.25, -0.2) is 4.98 Å². The SMILES string of the molecule is CN(C(=O)Cc1cccnc1Cl)C1CCc2ccccc2C1. The Kier molecular flexibility index (Phi) is 4.44. The van der Waals surface area contributed by atoms with Crippen LogP contribution in [-0.4, -0.2) is 28.9 Å². The van der Waals surface area contributed by atoms with Crippen molar-refractivity contribution in [3.63, 3.8) is 0 Å². The molecule has 1 amide bonds. The Labute approximate surface area is 135 Å². The van der Waals surface area contributed by atoms with Crippen molar-refractivity contribution in [2.24, 2.45) is 0 Å². The molecule has 1 aromatic carbocycles. The van der Waals surface area contributed by atoms with Crippen molar-refractivity contribution in [2.45, 2.75) is 31.7 Å². The fraction of sp³-hybridized carbons (Fsp3) is 0.333. The summed E-state index contributed by atoms with van der Waals surface area (Å²) in [7, 11) is 1.89. The molecule has 0 bridgehead atoms. The van der Waals surface area contributed by atoms with Crippen LogP contribution in [0.1, 0.15) is 23.1 Å². The van der Waals surface area contributed by atoms with Crippen molar-refractivity contribution in [3.05, 3.63) is 64.4 Å². The lowest BCUT2D eigenvalue weighted by Crippen LogP contribution is -2.41. The van der Waals surface area contributed by atoms with Gasteiger partial charge in [0.2, 0.25) is 5.91 Å². The Morgan fingerprint density at radius 3 is 2.82 bits per heavy atom. The minimum Gasteiger partial charge on any atom is -0.342 e. The zero-order valence-electron chi connectivity index (χ0n) is 12.6. The Balaban J connectivity index is 1.68. The first-order chi connectivity index (χ1) is 10.6. The van der Waals surface area contributed by atoms with Crippen LogP contribution in [-0.2, 0) is 24.1 Å². The first-order valence-electron chi connectivity index (χ1n) is 7.57. The number of aryl methyl sites for hydroxylation is 1. The third-order valence-corrected chi connectivity index (χ3v) is 4.78. The molecule has 3 rings (SSSR count). The first-order valence-corrected chi connectivity index (χ1v) is 7.95. The summed E-state index contributed by atoms with van der Waals surface area (Å²) in [5, 5.41) is 0.415. The monoisotopic (exact) mass is 314 g/mol. The van der Waals surface area contributed by atoms with Crippen LogP contribution in [0.2, 0.25) is 5.15 Å². The molecule has 0 saturated carbocycles. The van der Waals surface area contributed by atoms with Gasteiger partial charge in [-0.2, -0.15) is 0 Å². The minimum atomic E-state index is 0.0966. The van der Waals surface area contributed by atoms with Crippen molar-refractivity contribution in [1.82, 2.24) is 9.88 Å². The molecule has 1 atom stereocenters. The predicted octanol–water partition coefficient (Wildman–Crippen LogP) is 3.29. The Morgan fingerprint density at radius 2 is 2.05 bits per heavy atom. The molecule has 0 saturated heterocycles. The van der Waals surface area contributed by atoms with E-state index in [2.05, 4.69) is 29.2 Å². The summed E-state index contributed by atoms with van der Waals surface area (Å²) in [5.41, 5.74) is 3.56. The molecule has 1 aliphatic rings. The lowest BCUT2D eigenvalue weighted by Gasteiger charge is -2.32. The summed E-state index contributed by atoms with van der Waals surface area (Å²) in [6.07, 6.45) is 4.92. The second kappa shape index (κ2) is 6.49. The van der Waals surface area contributed by atoms with E-state index in [1.165, 1.54) is 11.1 Å². The summed E-state index contributed by atoms with van der Waals surface area (Å²) in [6.45, 7) is 0. The molecule has 0 N–H and O–H groups in total. The number of pyridine rings is 1. The number of halogens is 1. The normalized spacial score (nSPS) is 16.9. The molecule has 4 heteroatoms. The quantitative estimate of drug-likeness (QED) is 0.814. The second-order valence-electron chi connectivity index (χ2n) is 5.80. The van der Waals surface area contributed by atoms with Crippen LogP contribution in [0, 0.1) is 0 Å². The van der Waals surface area contributed by atoms with Gasteiger partial charge in [-0.3, -0.25) is 4.79 Å². The van der Waals surface area contributed by atoms with Crippen LogP contribution >= 0.6 is 11.6 Å². The zero-order chi connectivity index (χ0) is 15.5. The maximum Gasteiger partial charge on any atom is 0.227 e. The van der Waals surface area contributed by atoms with E-state index in [1.807, 2.05) is 24.1 Å². The standard InChI is InChI=1S/C18H19ClN2O/c1-21(17(22)12-15-7-4-10-20-18(15)19)16-9-8-13-5-2-3-6-14(13)11-16/h2-7,10,16H,8-9,11-12H2,1H3. The summed E-state index contributed by atoms with van der Waals surface area (Å²) < 4.78 is 0. The maximum atomic E-state index is 12.5. The van der Waals surface area contributed by atoms with Gasteiger partial charge in [0.1, 0.15) is 5.15 Å². The van der Waals surface area contributed by atoms with E-state index in [0.717, 1.165) is 24.8 Å². The molecule has 0 spiro atoms. The highest BCUT2D eigenvalue weighted by atomic mass is 35.5. The smallest absolute Gasteiger partial charge is 0.227 e. The number of carbonyl (C=O) groups is 1. The third-order valence-electron chi connectivity index (χ3n) is 4.44. The third kappa shape index (κ3) is 3.14. The number of benzene rings is 1. The number of hydrogen-bond acceptors (Lipinski definition) is 2. The number of rotatable bonds is 3. The molecule has 1 aromatic heterocycles. The van der Waals surface area contributed by atoms with Gasteiger partial charge in [0.15, 0.2) is 0 Å². The number of carbonyl (C=O) groups excluding carboxylic acids is 1. The van der Waals surface area contributed by atoms with Crippen molar-refractivity contribution in [1.29, 1.82) is 0 Å². The summed E-state index contributed by atoms with van der Waals surface area (Å²) in [6, 6.07) is 12.4. The van der Waals surface area contributed by atoms with E-state index in [1.54, 1.807) is 6.20 Å². The van der Waals surface area contributed by atoms with Crippen LogP contribution in [0.4, 0.5) is 0 Å². The van der Waals surface area contributed by atoms with Gasteiger partial charge < -0.3 is 4.90 Å². The van der Waals surface area contributed by atoms with Crippen LogP contribution in [0.15, 0.2) is 42.6 Å². The van der Waals surface area contributed by atoms with Crippen molar-refractivity contribution in [2.75, 3.05) is 7.05 Å². The average molecular weight is 315 g/mol. The number of amides is 1. The zero-order valence-corrected chi connectivity index (χ0v) is 13.4. The highest BCUT2D eigenvalue weighted by Crippen LogP contribution is 2.24. The molecule has 1 unspecified atom stereocenters. The highest BCUT2D eigenvalue weighted by molar-refractivity contribution is 6.30. The topological polar surface area (TPSA) is 33.2 Å².